The molecule has 2 amide bonds. The third-order valence-corrected chi connectivity index (χ3v) is 9.19. The number of fused-ring (bicyclic) bond motifs is 1. The van der Waals surface area contributed by atoms with E-state index in [0.717, 1.165) is 53.2 Å². The first kappa shape index (κ1) is 32.2. The predicted molar refractivity (Wildman–Crippen MR) is 178 cm³/mol. The first-order chi connectivity index (χ1) is 23.0. The fraction of sp³-hybridized carbons (Fsp3) is 0.368. The molecule has 9 nitrogen and oxygen atoms in total. The Balaban J connectivity index is 1.40. The summed E-state index contributed by atoms with van der Waals surface area (Å²) in [7, 11) is 1.37. The van der Waals surface area contributed by atoms with Gasteiger partial charge in [-0.2, -0.15) is 0 Å². The van der Waals surface area contributed by atoms with Gasteiger partial charge in [-0.05, 0) is 35.2 Å². The molecule has 3 aromatic carbocycles. The third-order valence-electron chi connectivity index (χ3n) is 9.19. The Morgan fingerprint density at radius 2 is 1.55 bits per heavy atom. The lowest BCUT2D eigenvalue weighted by Crippen LogP contribution is -2.56. The van der Waals surface area contributed by atoms with Gasteiger partial charge in [0.15, 0.2) is 0 Å². The van der Waals surface area contributed by atoms with Gasteiger partial charge in [-0.25, -0.2) is 9.78 Å². The van der Waals surface area contributed by atoms with E-state index >= 15 is 0 Å². The van der Waals surface area contributed by atoms with Crippen molar-refractivity contribution in [2.75, 3.05) is 33.4 Å². The van der Waals surface area contributed by atoms with Crippen molar-refractivity contribution in [1.82, 2.24) is 19.4 Å². The van der Waals surface area contributed by atoms with Gasteiger partial charge in [0, 0.05) is 38.2 Å². The number of esters is 1. The number of unbranched alkanes of at least 4 members (excludes halogenated alkanes) is 1. The van der Waals surface area contributed by atoms with Crippen LogP contribution in [0.4, 0.5) is 0 Å². The maximum Gasteiger partial charge on any atom is 0.337 e. The van der Waals surface area contributed by atoms with Crippen LogP contribution in [-0.2, 0) is 45.0 Å². The summed E-state index contributed by atoms with van der Waals surface area (Å²) in [6, 6.07) is 26.3. The molecule has 0 aliphatic carbocycles. The summed E-state index contributed by atoms with van der Waals surface area (Å²) in [5, 5.41) is 0. The Labute approximate surface area is 276 Å². The van der Waals surface area contributed by atoms with E-state index in [-0.39, 0.29) is 24.3 Å². The minimum atomic E-state index is -0.681. The third kappa shape index (κ3) is 7.00. The van der Waals surface area contributed by atoms with Gasteiger partial charge in [-0.3, -0.25) is 9.59 Å². The number of ether oxygens (including phenoxy) is 2. The molecular formula is C38H42N4O5. The number of aromatic nitrogens is 2. The van der Waals surface area contributed by atoms with E-state index in [1.807, 2.05) is 77.7 Å². The normalized spacial score (nSPS) is 16.2. The maximum atomic E-state index is 14.8. The van der Waals surface area contributed by atoms with E-state index in [9.17, 15) is 14.4 Å². The van der Waals surface area contributed by atoms with Crippen LogP contribution in [0.25, 0.3) is 0 Å². The number of imidazole rings is 1. The molecule has 1 atom stereocenters. The SMILES string of the molecule is CCCCc1nc2c(n1Cc1ccc(C(=O)OC)cc1)CC(C(=O)N1CCOCC1)N(C(=O)C(c1ccccc1)c1ccccc1)C2. The second-order valence-electron chi connectivity index (χ2n) is 12.2. The number of rotatable bonds is 10. The van der Waals surface area contributed by atoms with E-state index in [4.69, 9.17) is 14.5 Å². The lowest BCUT2D eigenvalue weighted by Gasteiger charge is -2.40. The lowest BCUT2D eigenvalue weighted by molar-refractivity contribution is -0.150. The van der Waals surface area contributed by atoms with E-state index < -0.39 is 12.0 Å². The van der Waals surface area contributed by atoms with Crippen molar-refractivity contribution in [3.8, 4) is 0 Å². The highest BCUT2D eigenvalue weighted by Gasteiger charge is 2.42. The van der Waals surface area contributed by atoms with E-state index in [2.05, 4.69) is 11.5 Å². The number of benzene rings is 3. The van der Waals surface area contributed by atoms with Crippen molar-refractivity contribution in [2.24, 2.45) is 0 Å². The largest absolute Gasteiger partial charge is 0.465 e. The Hall–Kier alpha value is -4.76. The quantitative estimate of drug-likeness (QED) is 0.228. The molecule has 0 saturated carbocycles. The Kier molecular flexibility index (Phi) is 10.1. The summed E-state index contributed by atoms with van der Waals surface area (Å²) in [4.78, 5) is 50.0. The molecule has 2 aliphatic rings. The lowest BCUT2D eigenvalue weighted by atomic mass is 9.88. The second kappa shape index (κ2) is 14.8. The molecule has 6 rings (SSSR count). The average Bonchev–Trinajstić information content (AvgIpc) is 3.46. The molecular weight excluding hydrogens is 592 g/mol. The molecule has 244 valence electrons. The van der Waals surface area contributed by atoms with Gasteiger partial charge in [0.1, 0.15) is 11.9 Å². The number of hydrogen-bond acceptors (Lipinski definition) is 6. The molecule has 47 heavy (non-hydrogen) atoms. The maximum absolute atomic E-state index is 14.8. The number of morpholine rings is 1. The molecule has 0 spiro atoms. The van der Waals surface area contributed by atoms with Crippen LogP contribution in [0, 0.1) is 0 Å². The summed E-state index contributed by atoms with van der Waals surface area (Å²) in [6.07, 6.45) is 3.15. The molecule has 9 heteroatoms. The predicted octanol–water partition coefficient (Wildman–Crippen LogP) is 5.00. The topological polar surface area (TPSA) is 94.0 Å². The number of amides is 2. The first-order valence-corrected chi connectivity index (χ1v) is 16.5. The summed E-state index contributed by atoms with van der Waals surface area (Å²) < 4.78 is 12.7. The zero-order chi connectivity index (χ0) is 32.8. The minimum Gasteiger partial charge on any atom is -0.465 e. The van der Waals surface area contributed by atoms with Gasteiger partial charge < -0.3 is 23.8 Å². The Morgan fingerprint density at radius 1 is 0.915 bits per heavy atom. The van der Waals surface area contributed by atoms with Gasteiger partial charge in [0.2, 0.25) is 11.8 Å². The van der Waals surface area contributed by atoms with Crippen LogP contribution in [0.3, 0.4) is 0 Å². The summed E-state index contributed by atoms with van der Waals surface area (Å²) in [5.41, 5.74) is 5.10. The molecule has 2 aliphatic heterocycles. The summed E-state index contributed by atoms with van der Waals surface area (Å²) >= 11 is 0. The number of methoxy groups -OCH3 is 1. The van der Waals surface area contributed by atoms with E-state index in [1.54, 1.807) is 17.0 Å². The summed E-state index contributed by atoms with van der Waals surface area (Å²) in [5.74, 6) is -0.156. The number of carbonyl (C=O) groups is 3. The van der Waals surface area contributed by atoms with E-state index in [0.29, 0.717) is 44.8 Å². The Morgan fingerprint density at radius 3 is 2.15 bits per heavy atom. The highest BCUT2D eigenvalue weighted by Crippen LogP contribution is 2.33. The molecule has 4 aromatic rings. The van der Waals surface area contributed by atoms with Crippen LogP contribution >= 0.6 is 0 Å². The van der Waals surface area contributed by atoms with Crippen LogP contribution in [0.5, 0.6) is 0 Å². The fourth-order valence-electron chi connectivity index (χ4n) is 6.65. The zero-order valence-electron chi connectivity index (χ0n) is 27.1. The van der Waals surface area contributed by atoms with Gasteiger partial charge in [0.05, 0.1) is 44.0 Å². The molecule has 1 aromatic heterocycles. The van der Waals surface area contributed by atoms with Crippen LogP contribution in [0.15, 0.2) is 84.9 Å². The van der Waals surface area contributed by atoms with Crippen molar-refractivity contribution in [2.45, 2.75) is 57.7 Å². The van der Waals surface area contributed by atoms with Crippen LogP contribution in [-0.4, -0.2) is 76.6 Å². The highest BCUT2D eigenvalue weighted by atomic mass is 16.5. The van der Waals surface area contributed by atoms with Gasteiger partial charge in [-0.1, -0.05) is 86.1 Å². The standard InChI is InChI=1S/C38H42N4O5/c1-3-4-15-34-39-31-26-42(37(44)35(28-11-7-5-8-12-28)29-13-9-6-10-14-29)33(36(43)40-20-22-47-23-21-40)24-32(31)41(34)25-27-16-18-30(19-17-27)38(45)46-2/h5-14,16-19,33,35H,3-4,15,20-26H2,1-2H3. The summed E-state index contributed by atoms with van der Waals surface area (Å²) in [6.45, 7) is 4.91. The molecule has 1 fully saturated rings. The number of carbonyl (C=O) groups excluding carboxylic acids is 3. The Bertz CT molecular complexity index is 1640. The molecule has 1 unspecified atom stereocenters. The van der Waals surface area contributed by atoms with Crippen molar-refractivity contribution in [1.29, 1.82) is 0 Å². The van der Waals surface area contributed by atoms with Gasteiger partial charge in [-0.15, -0.1) is 0 Å². The van der Waals surface area contributed by atoms with Gasteiger partial charge in [0.25, 0.3) is 0 Å². The fourth-order valence-corrected chi connectivity index (χ4v) is 6.65. The average molecular weight is 635 g/mol. The van der Waals surface area contributed by atoms with Crippen molar-refractivity contribution >= 4 is 17.8 Å². The first-order valence-electron chi connectivity index (χ1n) is 16.5. The molecule has 1 saturated heterocycles. The number of hydrogen-bond donors (Lipinski definition) is 0. The van der Waals surface area contributed by atoms with Gasteiger partial charge >= 0.3 is 5.97 Å². The number of aryl methyl sites for hydroxylation is 1. The molecule has 3 heterocycles. The van der Waals surface area contributed by atoms with Crippen molar-refractivity contribution in [3.63, 3.8) is 0 Å². The highest BCUT2D eigenvalue weighted by molar-refractivity contribution is 5.93. The zero-order valence-corrected chi connectivity index (χ0v) is 27.1. The van der Waals surface area contributed by atoms with E-state index in [1.165, 1.54) is 7.11 Å². The number of nitrogens with zero attached hydrogens (tertiary/aromatic N) is 4. The van der Waals surface area contributed by atoms with Crippen molar-refractivity contribution in [3.05, 3.63) is 124 Å². The minimum absolute atomic E-state index is 0.0579. The smallest absolute Gasteiger partial charge is 0.337 e. The van der Waals surface area contributed by atoms with Crippen molar-refractivity contribution < 1.29 is 23.9 Å². The second-order valence-corrected chi connectivity index (χ2v) is 12.2. The monoisotopic (exact) mass is 634 g/mol. The van der Waals surface area contributed by atoms with Crippen LogP contribution in [0.2, 0.25) is 0 Å². The molecule has 0 radical (unpaired) electrons. The van der Waals surface area contributed by atoms with Crippen LogP contribution in [0.1, 0.15) is 69.9 Å². The molecule has 0 bridgehead atoms. The van der Waals surface area contributed by atoms with Crippen LogP contribution < -0.4 is 0 Å². The molecule has 0 N–H and O–H groups in total.